The van der Waals surface area contributed by atoms with Crippen molar-refractivity contribution in [3.8, 4) is 11.5 Å². The number of amides is 1. The van der Waals surface area contributed by atoms with Crippen LogP contribution >= 0.6 is 0 Å². The van der Waals surface area contributed by atoms with Gasteiger partial charge < -0.3 is 19.5 Å². The molecular formula is C19H20N2O7. The molecule has 0 fully saturated rings. The third-order valence-electron chi connectivity index (χ3n) is 3.88. The van der Waals surface area contributed by atoms with Crippen LogP contribution in [0.25, 0.3) is 0 Å². The first kappa shape index (κ1) is 20.7. The molecule has 9 heteroatoms. The lowest BCUT2D eigenvalue weighted by molar-refractivity contribution is -0.385. The Bertz CT molecular complexity index is 868. The van der Waals surface area contributed by atoms with Crippen molar-refractivity contribution in [3.63, 3.8) is 0 Å². The summed E-state index contributed by atoms with van der Waals surface area (Å²) in [4.78, 5) is 35.1. The number of rotatable bonds is 8. The minimum Gasteiger partial charge on any atom is -0.493 e. The minimum absolute atomic E-state index is 0.0967. The molecule has 1 N–H and O–H groups in total. The van der Waals surface area contributed by atoms with Gasteiger partial charge in [0.25, 0.3) is 11.6 Å². The molecule has 28 heavy (non-hydrogen) atoms. The Morgan fingerprint density at radius 3 is 2.29 bits per heavy atom. The smallest absolute Gasteiger partial charge is 0.346 e. The average molecular weight is 388 g/mol. The zero-order valence-corrected chi connectivity index (χ0v) is 15.6. The molecule has 0 aliphatic heterocycles. The van der Waals surface area contributed by atoms with Crippen LogP contribution in [-0.2, 0) is 16.1 Å². The van der Waals surface area contributed by atoms with Crippen molar-refractivity contribution in [3.05, 3.63) is 63.7 Å². The molecule has 0 unspecified atom stereocenters. The van der Waals surface area contributed by atoms with Crippen molar-refractivity contribution in [1.82, 2.24) is 5.32 Å². The Hall–Kier alpha value is -3.62. The second-order valence-electron chi connectivity index (χ2n) is 5.73. The molecule has 0 spiro atoms. The van der Waals surface area contributed by atoms with E-state index in [0.29, 0.717) is 0 Å². The van der Waals surface area contributed by atoms with E-state index < -0.39 is 28.6 Å². The van der Waals surface area contributed by atoms with Crippen molar-refractivity contribution in [2.45, 2.75) is 19.6 Å². The van der Waals surface area contributed by atoms with Crippen LogP contribution in [-0.4, -0.2) is 37.1 Å². The quantitative estimate of drug-likeness (QED) is 0.419. The molecular weight excluding hydrogens is 368 g/mol. The fourth-order valence-electron chi connectivity index (χ4n) is 2.39. The van der Waals surface area contributed by atoms with E-state index in [-0.39, 0.29) is 23.6 Å². The molecule has 0 saturated heterocycles. The van der Waals surface area contributed by atoms with Crippen LogP contribution in [0.5, 0.6) is 11.5 Å². The summed E-state index contributed by atoms with van der Waals surface area (Å²) in [6.45, 7) is 1.64. The van der Waals surface area contributed by atoms with E-state index in [2.05, 4.69) is 5.32 Å². The maximum Gasteiger partial charge on any atom is 0.346 e. The first-order valence-corrected chi connectivity index (χ1v) is 8.30. The zero-order chi connectivity index (χ0) is 20.7. The molecule has 2 rings (SSSR count). The molecule has 0 bridgehead atoms. The molecule has 0 saturated carbocycles. The first-order valence-electron chi connectivity index (χ1n) is 8.30. The summed E-state index contributed by atoms with van der Waals surface area (Å²) in [5.41, 5.74) is 0.0230. The third kappa shape index (κ3) is 4.97. The van der Waals surface area contributed by atoms with Crippen LogP contribution in [0.3, 0.4) is 0 Å². The van der Waals surface area contributed by atoms with Gasteiger partial charge in [0.15, 0.2) is 17.6 Å². The highest BCUT2D eigenvalue weighted by atomic mass is 16.6. The number of methoxy groups -OCH3 is 2. The van der Waals surface area contributed by atoms with Gasteiger partial charge in [0.1, 0.15) is 5.56 Å². The summed E-state index contributed by atoms with van der Waals surface area (Å²) < 4.78 is 15.2. The minimum atomic E-state index is -1.15. The van der Waals surface area contributed by atoms with Crippen LogP contribution in [0.15, 0.2) is 42.5 Å². The maximum absolute atomic E-state index is 12.4. The number of hydrogen-bond acceptors (Lipinski definition) is 7. The van der Waals surface area contributed by atoms with Crippen molar-refractivity contribution in [1.29, 1.82) is 0 Å². The predicted molar refractivity (Wildman–Crippen MR) is 99.4 cm³/mol. The van der Waals surface area contributed by atoms with E-state index in [1.165, 1.54) is 21.1 Å². The summed E-state index contributed by atoms with van der Waals surface area (Å²) in [5, 5.41) is 13.9. The van der Waals surface area contributed by atoms with Gasteiger partial charge in [-0.3, -0.25) is 14.9 Å². The van der Waals surface area contributed by atoms with E-state index in [4.69, 9.17) is 14.2 Å². The zero-order valence-electron chi connectivity index (χ0n) is 15.6. The molecule has 0 radical (unpaired) electrons. The second-order valence-corrected chi connectivity index (χ2v) is 5.73. The fourth-order valence-corrected chi connectivity index (χ4v) is 2.39. The SMILES string of the molecule is COc1cc(C(=O)O[C@H](C)C(=O)NCc2ccccc2)c([N+](=O)[O-])cc1OC. The summed E-state index contributed by atoms with van der Waals surface area (Å²) in [7, 11) is 2.65. The van der Waals surface area contributed by atoms with Gasteiger partial charge in [0.05, 0.1) is 25.2 Å². The molecule has 1 amide bonds. The molecule has 0 aliphatic carbocycles. The third-order valence-corrected chi connectivity index (χ3v) is 3.88. The van der Waals surface area contributed by atoms with E-state index in [1.54, 1.807) is 0 Å². The topological polar surface area (TPSA) is 117 Å². The van der Waals surface area contributed by atoms with E-state index >= 15 is 0 Å². The Labute approximate surface area is 161 Å². The number of nitro benzene ring substituents is 1. The normalized spacial score (nSPS) is 11.2. The lowest BCUT2D eigenvalue weighted by Crippen LogP contribution is -2.35. The number of hydrogen-bond donors (Lipinski definition) is 1. The van der Waals surface area contributed by atoms with E-state index in [1.807, 2.05) is 30.3 Å². The van der Waals surface area contributed by atoms with Gasteiger partial charge in [-0.15, -0.1) is 0 Å². The van der Waals surface area contributed by atoms with Crippen LogP contribution in [0.4, 0.5) is 5.69 Å². The molecule has 0 aromatic heterocycles. The highest BCUT2D eigenvalue weighted by Crippen LogP contribution is 2.34. The fraction of sp³-hybridized carbons (Fsp3) is 0.263. The van der Waals surface area contributed by atoms with Crippen LogP contribution < -0.4 is 14.8 Å². The van der Waals surface area contributed by atoms with Gasteiger partial charge in [0, 0.05) is 12.6 Å². The van der Waals surface area contributed by atoms with Crippen molar-refractivity contribution < 1.29 is 28.7 Å². The van der Waals surface area contributed by atoms with Crippen LogP contribution in [0, 0.1) is 10.1 Å². The number of carbonyl (C=O) groups is 2. The number of nitrogens with zero attached hydrogens (tertiary/aromatic N) is 1. The largest absolute Gasteiger partial charge is 0.493 e. The van der Waals surface area contributed by atoms with Crippen molar-refractivity contribution in [2.24, 2.45) is 0 Å². The number of carbonyl (C=O) groups excluding carboxylic acids is 2. The average Bonchev–Trinajstić information content (AvgIpc) is 2.71. The molecule has 0 heterocycles. The number of ether oxygens (including phenoxy) is 3. The molecule has 1 atom stereocenters. The van der Waals surface area contributed by atoms with Gasteiger partial charge in [-0.1, -0.05) is 30.3 Å². The van der Waals surface area contributed by atoms with Gasteiger partial charge >= 0.3 is 5.97 Å². The number of benzene rings is 2. The lowest BCUT2D eigenvalue weighted by Gasteiger charge is -2.15. The molecule has 2 aromatic rings. The number of nitrogens with one attached hydrogen (secondary N) is 1. The van der Waals surface area contributed by atoms with Crippen LogP contribution in [0.1, 0.15) is 22.8 Å². The summed E-state index contributed by atoms with van der Waals surface area (Å²) in [6, 6.07) is 11.4. The van der Waals surface area contributed by atoms with E-state index in [0.717, 1.165) is 17.7 Å². The Morgan fingerprint density at radius 2 is 1.71 bits per heavy atom. The Kier molecular flexibility index (Phi) is 6.91. The summed E-state index contributed by atoms with van der Waals surface area (Å²) in [5.74, 6) is -1.32. The van der Waals surface area contributed by atoms with Crippen LogP contribution in [0.2, 0.25) is 0 Å². The van der Waals surface area contributed by atoms with Gasteiger partial charge in [0.2, 0.25) is 0 Å². The van der Waals surface area contributed by atoms with Gasteiger partial charge in [-0.2, -0.15) is 0 Å². The van der Waals surface area contributed by atoms with Gasteiger partial charge in [-0.25, -0.2) is 4.79 Å². The molecule has 9 nitrogen and oxygen atoms in total. The lowest BCUT2D eigenvalue weighted by atomic mass is 10.1. The highest BCUT2D eigenvalue weighted by molar-refractivity contribution is 5.96. The number of esters is 1. The Balaban J connectivity index is 2.12. The molecule has 0 aliphatic rings. The highest BCUT2D eigenvalue weighted by Gasteiger charge is 2.28. The standard InChI is InChI=1S/C19H20N2O7/c1-12(18(22)20-11-13-7-5-4-6-8-13)28-19(23)14-9-16(26-2)17(27-3)10-15(14)21(24)25/h4-10,12H,11H2,1-3H3,(H,20,22)/t12-/m1/s1. The first-order chi connectivity index (χ1) is 13.4. The van der Waals surface area contributed by atoms with Crippen molar-refractivity contribution >= 4 is 17.6 Å². The summed E-state index contributed by atoms with van der Waals surface area (Å²) in [6.07, 6.45) is -1.15. The molecule has 148 valence electrons. The van der Waals surface area contributed by atoms with E-state index in [9.17, 15) is 19.7 Å². The van der Waals surface area contributed by atoms with Crippen molar-refractivity contribution in [2.75, 3.05) is 14.2 Å². The number of nitro groups is 1. The van der Waals surface area contributed by atoms with Gasteiger partial charge in [-0.05, 0) is 12.5 Å². The predicted octanol–water partition coefficient (Wildman–Crippen LogP) is 2.47. The second kappa shape index (κ2) is 9.36. The molecule has 2 aromatic carbocycles. The maximum atomic E-state index is 12.4. The Morgan fingerprint density at radius 1 is 1.11 bits per heavy atom. The monoisotopic (exact) mass is 388 g/mol. The summed E-state index contributed by atoms with van der Waals surface area (Å²) >= 11 is 0.